The molecule has 0 saturated heterocycles. The lowest BCUT2D eigenvalue weighted by Crippen LogP contribution is -2.12. The first-order chi connectivity index (χ1) is 8.95. The maximum atomic E-state index is 12.0. The fourth-order valence-electron chi connectivity index (χ4n) is 1.58. The number of nitrogen functional groups attached to an aromatic ring is 2. The molecule has 2 aromatic rings. The molecule has 0 aliphatic carbocycles. The summed E-state index contributed by atoms with van der Waals surface area (Å²) in [6.45, 7) is 0. The number of amides is 1. The largest absolute Gasteiger partial charge is 0.399 e. The third kappa shape index (κ3) is 3.39. The number of carbonyl (C=O) groups is 1. The van der Waals surface area contributed by atoms with Crippen LogP contribution in [-0.2, 0) is 0 Å². The smallest absolute Gasteiger partial charge is 0.255 e. The molecule has 2 rings (SSSR count). The molecule has 6 heteroatoms. The zero-order valence-corrected chi connectivity index (χ0v) is 12.1. The van der Waals surface area contributed by atoms with Crippen molar-refractivity contribution in [1.82, 2.24) is 0 Å². The summed E-state index contributed by atoms with van der Waals surface area (Å²) < 4.78 is 0.707. The van der Waals surface area contributed by atoms with Crippen LogP contribution in [0.5, 0.6) is 0 Å². The van der Waals surface area contributed by atoms with Gasteiger partial charge in [0.1, 0.15) is 0 Å². The lowest BCUT2D eigenvalue weighted by molar-refractivity contribution is 0.102. The van der Waals surface area contributed by atoms with Crippen LogP contribution in [0.15, 0.2) is 40.9 Å². The van der Waals surface area contributed by atoms with Crippen molar-refractivity contribution in [3.63, 3.8) is 0 Å². The van der Waals surface area contributed by atoms with Crippen molar-refractivity contribution in [2.24, 2.45) is 0 Å². The summed E-state index contributed by atoms with van der Waals surface area (Å²) in [4.78, 5) is 12.0. The zero-order valence-electron chi connectivity index (χ0n) is 9.78. The van der Waals surface area contributed by atoms with Crippen LogP contribution in [0, 0.1) is 0 Å². The molecule has 0 aromatic heterocycles. The number of hydrogen-bond donors (Lipinski definition) is 3. The Labute approximate surface area is 123 Å². The number of nitrogens with two attached hydrogens (primary N) is 2. The molecule has 0 fully saturated rings. The van der Waals surface area contributed by atoms with Gasteiger partial charge in [-0.15, -0.1) is 0 Å². The van der Waals surface area contributed by atoms with Crippen molar-refractivity contribution in [2.45, 2.75) is 0 Å². The van der Waals surface area contributed by atoms with E-state index in [1.807, 2.05) is 0 Å². The highest BCUT2D eigenvalue weighted by Crippen LogP contribution is 2.26. The normalized spacial score (nSPS) is 10.2. The Bertz CT molecular complexity index is 626. The standard InChI is InChI=1S/C13H11BrClN3O/c14-11-6-10(1-2-12(11)15)18-13(19)7-3-8(16)5-9(17)4-7/h1-6H,16-17H2,(H,18,19). The van der Waals surface area contributed by atoms with Gasteiger partial charge in [0.2, 0.25) is 0 Å². The molecule has 0 atom stereocenters. The fourth-order valence-corrected chi connectivity index (χ4v) is 2.08. The minimum Gasteiger partial charge on any atom is -0.399 e. The van der Waals surface area contributed by atoms with E-state index in [2.05, 4.69) is 21.2 Å². The van der Waals surface area contributed by atoms with Crippen LogP contribution in [0.4, 0.5) is 17.1 Å². The van der Waals surface area contributed by atoms with E-state index in [-0.39, 0.29) is 5.91 Å². The molecule has 0 aliphatic heterocycles. The second kappa shape index (κ2) is 5.50. The predicted octanol–water partition coefficient (Wildman–Crippen LogP) is 3.52. The number of carbonyl (C=O) groups excluding carboxylic acids is 1. The number of rotatable bonds is 2. The molecule has 2 aromatic carbocycles. The maximum Gasteiger partial charge on any atom is 0.255 e. The van der Waals surface area contributed by atoms with Gasteiger partial charge in [0.25, 0.3) is 5.91 Å². The lowest BCUT2D eigenvalue weighted by Gasteiger charge is -2.08. The fraction of sp³-hybridized carbons (Fsp3) is 0. The summed E-state index contributed by atoms with van der Waals surface area (Å²) in [5, 5.41) is 3.32. The Morgan fingerprint density at radius 3 is 2.32 bits per heavy atom. The van der Waals surface area contributed by atoms with Gasteiger partial charge in [-0.25, -0.2) is 0 Å². The molecule has 0 bridgehead atoms. The van der Waals surface area contributed by atoms with E-state index < -0.39 is 0 Å². The Balaban J connectivity index is 2.22. The maximum absolute atomic E-state index is 12.0. The first-order valence-corrected chi connectivity index (χ1v) is 6.55. The number of hydrogen-bond acceptors (Lipinski definition) is 3. The summed E-state index contributed by atoms with van der Waals surface area (Å²) in [6, 6.07) is 9.84. The average Bonchev–Trinajstić information content (AvgIpc) is 2.32. The molecule has 0 saturated carbocycles. The third-order valence-electron chi connectivity index (χ3n) is 2.42. The van der Waals surface area contributed by atoms with Crippen LogP contribution in [-0.4, -0.2) is 5.91 Å². The quantitative estimate of drug-likeness (QED) is 0.732. The van der Waals surface area contributed by atoms with E-state index in [1.165, 1.54) is 0 Å². The van der Waals surface area contributed by atoms with Crippen LogP contribution >= 0.6 is 27.5 Å². The topological polar surface area (TPSA) is 81.1 Å². The van der Waals surface area contributed by atoms with Gasteiger partial charge in [-0.3, -0.25) is 4.79 Å². The van der Waals surface area contributed by atoms with Crippen LogP contribution < -0.4 is 16.8 Å². The van der Waals surface area contributed by atoms with Gasteiger partial charge in [-0.2, -0.15) is 0 Å². The monoisotopic (exact) mass is 339 g/mol. The van der Waals surface area contributed by atoms with Crippen molar-refractivity contribution in [3.05, 3.63) is 51.5 Å². The predicted molar refractivity (Wildman–Crippen MR) is 82.4 cm³/mol. The van der Waals surface area contributed by atoms with Gasteiger partial charge in [-0.1, -0.05) is 11.6 Å². The minimum absolute atomic E-state index is 0.284. The van der Waals surface area contributed by atoms with E-state index in [9.17, 15) is 4.79 Å². The van der Waals surface area contributed by atoms with Gasteiger partial charge >= 0.3 is 0 Å². The van der Waals surface area contributed by atoms with Gasteiger partial charge in [0.05, 0.1) is 5.02 Å². The van der Waals surface area contributed by atoms with E-state index >= 15 is 0 Å². The lowest BCUT2D eigenvalue weighted by atomic mass is 10.1. The van der Waals surface area contributed by atoms with Gasteiger partial charge in [0.15, 0.2) is 0 Å². The van der Waals surface area contributed by atoms with E-state index in [4.69, 9.17) is 23.1 Å². The summed E-state index contributed by atoms with van der Waals surface area (Å²) in [6.07, 6.45) is 0. The van der Waals surface area contributed by atoms with Crippen molar-refractivity contribution in [3.8, 4) is 0 Å². The average molecular weight is 341 g/mol. The molecule has 4 nitrogen and oxygen atoms in total. The van der Waals surface area contributed by atoms with E-state index in [0.717, 1.165) is 0 Å². The molecule has 98 valence electrons. The summed E-state index contributed by atoms with van der Waals surface area (Å²) >= 11 is 9.18. The number of benzene rings is 2. The van der Waals surface area contributed by atoms with Crippen LogP contribution in [0.2, 0.25) is 5.02 Å². The molecular formula is C13H11BrClN3O. The first-order valence-electron chi connectivity index (χ1n) is 5.38. The molecular weight excluding hydrogens is 330 g/mol. The second-order valence-corrected chi connectivity index (χ2v) is 5.23. The number of halogens is 2. The first kappa shape index (κ1) is 13.7. The molecule has 19 heavy (non-hydrogen) atoms. The SMILES string of the molecule is Nc1cc(N)cc(C(=O)Nc2ccc(Cl)c(Br)c2)c1. The molecule has 0 heterocycles. The van der Waals surface area contributed by atoms with Crippen LogP contribution in [0.1, 0.15) is 10.4 Å². The molecule has 0 spiro atoms. The highest BCUT2D eigenvalue weighted by Gasteiger charge is 2.08. The third-order valence-corrected chi connectivity index (χ3v) is 3.63. The summed E-state index contributed by atoms with van der Waals surface area (Å²) in [7, 11) is 0. The van der Waals surface area contributed by atoms with Gasteiger partial charge in [0, 0.05) is 27.1 Å². The van der Waals surface area contributed by atoms with Crippen molar-refractivity contribution in [2.75, 3.05) is 16.8 Å². The Hall–Kier alpha value is -1.72. The summed E-state index contributed by atoms with van der Waals surface area (Å²) in [5.41, 5.74) is 13.2. The van der Waals surface area contributed by atoms with Gasteiger partial charge < -0.3 is 16.8 Å². The number of nitrogens with one attached hydrogen (secondary N) is 1. The van der Waals surface area contributed by atoms with E-state index in [0.29, 0.717) is 32.1 Å². The Morgan fingerprint density at radius 2 is 1.74 bits per heavy atom. The van der Waals surface area contributed by atoms with Gasteiger partial charge in [-0.05, 0) is 52.3 Å². The minimum atomic E-state index is -0.284. The Kier molecular flexibility index (Phi) is 3.97. The van der Waals surface area contributed by atoms with E-state index in [1.54, 1.807) is 36.4 Å². The zero-order chi connectivity index (χ0) is 14.0. The van der Waals surface area contributed by atoms with Crippen molar-refractivity contribution < 1.29 is 4.79 Å². The Morgan fingerprint density at radius 1 is 1.11 bits per heavy atom. The molecule has 1 amide bonds. The highest BCUT2D eigenvalue weighted by molar-refractivity contribution is 9.10. The van der Waals surface area contributed by atoms with Crippen LogP contribution in [0.25, 0.3) is 0 Å². The number of anilines is 3. The molecule has 0 unspecified atom stereocenters. The highest BCUT2D eigenvalue weighted by atomic mass is 79.9. The molecule has 5 N–H and O–H groups in total. The molecule has 0 aliphatic rings. The summed E-state index contributed by atoms with van der Waals surface area (Å²) in [5.74, 6) is -0.284. The van der Waals surface area contributed by atoms with Crippen molar-refractivity contribution >= 4 is 50.5 Å². The van der Waals surface area contributed by atoms with Crippen molar-refractivity contribution in [1.29, 1.82) is 0 Å². The van der Waals surface area contributed by atoms with Crippen LogP contribution in [0.3, 0.4) is 0 Å². The second-order valence-electron chi connectivity index (χ2n) is 3.97. The molecule has 0 radical (unpaired) electrons.